The quantitative estimate of drug-likeness (QED) is 0.0925. The fourth-order valence-corrected chi connectivity index (χ4v) is 8.69. The summed E-state index contributed by atoms with van der Waals surface area (Å²) in [4.78, 5) is 2.48. The molecule has 0 aliphatic heterocycles. The van der Waals surface area contributed by atoms with Crippen molar-refractivity contribution in [1.29, 1.82) is 0 Å². The van der Waals surface area contributed by atoms with Gasteiger partial charge in [0.15, 0.2) is 0 Å². The van der Waals surface area contributed by atoms with E-state index in [2.05, 4.69) is 146 Å². The standard InChI is InChI=1S/C34H29N3PS.C5H5.Fe/c1-25-21-23-30(24-22-25)39-32-20-12-19-31(32)26(2)37-34(33(35-36-37)27-13-6-3-7-14-27)38(28-15-8-4-9-16-28)29-17-10-5-11-18-29;1-2-4-5-3-1;/h3-24,26H,1-2H3;1-5H;/q2*-1;+2/t26-;;/m0../s1. The maximum absolute atomic E-state index is 4.85. The first kappa shape index (κ1) is 32.4. The van der Waals surface area contributed by atoms with E-state index in [0.717, 1.165) is 16.7 Å². The SMILES string of the molecule is Cc1ccc(Sc2[cH-]ccc2[C@H](C)n2nnc(-c3ccccc3)c2P(c2ccccc2)c2ccccc2)cc1.[Fe+2].c1cc[cH-]c1. The van der Waals surface area contributed by atoms with Gasteiger partial charge in [-0.2, -0.15) is 35.9 Å². The Kier molecular flexibility index (Phi) is 11.4. The maximum Gasteiger partial charge on any atom is 2.00 e. The van der Waals surface area contributed by atoms with Crippen molar-refractivity contribution in [3.63, 3.8) is 0 Å². The second-order valence-corrected chi connectivity index (χ2v) is 13.7. The van der Waals surface area contributed by atoms with Gasteiger partial charge in [-0.15, -0.1) is 21.8 Å². The van der Waals surface area contributed by atoms with Crippen LogP contribution in [0.2, 0.25) is 0 Å². The largest absolute Gasteiger partial charge is 2.00 e. The number of aromatic nitrogens is 3. The molecule has 0 saturated carbocycles. The molecule has 224 valence electrons. The molecule has 45 heavy (non-hydrogen) atoms. The Balaban J connectivity index is 0.000000609. The zero-order valence-corrected chi connectivity index (χ0v) is 28.0. The van der Waals surface area contributed by atoms with Crippen LogP contribution in [0.1, 0.15) is 24.1 Å². The van der Waals surface area contributed by atoms with Crippen LogP contribution in [0.5, 0.6) is 0 Å². The normalized spacial score (nSPS) is 11.4. The van der Waals surface area contributed by atoms with Crippen LogP contribution in [-0.2, 0) is 17.1 Å². The first-order valence-electron chi connectivity index (χ1n) is 14.8. The van der Waals surface area contributed by atoms with Crippen molar-refractivity contribution in [3.8, 4) is 11.3 Å². The third-order valence-corrected chi connectivity index (χ3v) is 11.0. The molecule has 6 heteroatoms. The average Bonchev–Trinajstić information content (AvgIpc) is 3.88. The Bertz CT molecular complexity index is 1790. The number of hydrogen-bond acceptors (Lipinski definition) is 3. The number of nitrogens with zero attached hydrogens (tertiary/aromatic N) is 3. The zero-order valence-electron chi connectivity index (χ0n) is 25.2. The molecule has 6 aromatic carbocycles. The summed E-state index contributed by atoms with van der Waals surface area (Å²) >= 11 is 1.81. The molecule has 0 fully saturated rings. The molecule has 0 aliphatic carbocycles. The van der Waals surface area contributed by atoms with Gasteiger partial charge < -0.3 is 0 Å². The van der Waals surface area contributed by atoms with Gasteiger partial charge in [0, 0.05) is 24.4 Å². The van der Waals surface area contributed by atoms with E-state index in [1.165, 1.54) is 31.5 Å². The van der Waals surface area contributed by atoms with E-state index in [9.17, 15) is 0 Å². The van der Waals surface area contributed by atoms with Crippen LogP contribution in [-0.4, -0.2) is 15.0 Å². The van der Waals surface area contributed by atoms with Gasteiger partial charge in [0.25, 0.3) is 0 Å². The molecule has 0 spiro atoms. The molecule has 0 bridgehead atoms. The van der Waals surface area contributed by atoms with E-state index in [4.69, 9.17) is 10.3 Å². The summed E-state index contributed by atoms with van der Waals surface area (Å²) in [6, 6.07) is 57.4. The molecule has 1 heterocycles. The second-order valence-electron chi connectivity index (χ2n) is 10.5. The summed E-state index contributed by atoms with van der Waals surface area (Å²) in [6.07, 6.45) is 0. The number of aryl methyl sites for hydroxylation is 1. The molecule has 1 aromatic heterocycles. The zero-order chi connectivity index (χ0) is 30.1. The van der Waals surface area contributed by atoms with Crippen molar-refractivity contribution < 1.29 is 17.1 Å². The van der Waals surface area contributed by atoms with Crippen molar-refractivity contribution in [3.05, 3.63) is 175 Å². The molecule has 0 aliphatic rings. The fourth-order valence-electron chi connectivity index (χ4n) is 5.13. The molecule has 0 unspecified atom stereocenters. The predicted molar refractivity (Wildman–Crippen MR) is 187 cm³/mol. The summed E-state index contributed by atoms with van der Waals surface area (Å²) in [6.45, 7) is 4.36. The maximum atomic E-state index is 4.85. The van der Waals surface area contributed by atoms with E-state index in [1.54, 1.807) is 11.8 Å². The van der Waals surface area contributed by atoms with Crippen molar-refractivity contribution >= 4 is 35.7 Å². The fraction of sp³-hybridized carbons (Fsp3) is 0.0769. The first-order valence-corrected chi connectivity index (χ1v) is 16.9. The van der Waals surface area contributed by atoms with E-state index in [1.807, 2.05) is 36.4 Å². The van der Waals surface area contributed by atoms with E-state index < -0.39 is 7.92 Å². The number of rotatable bonds is 8. The Labute approximate surface area is 282 Å². The van der Waals surface area contributed by atoms with E-state index in [0.29, 0.717) is 0 Å². The van der Waals surface area contributed by atoms with Crippen LogP contribution in [0.4, 0.5) is 0 Å². The van der Waals surface area contributed by atoms with Crippen LogP contribution in [0, 0.1) is 6.92 Å². The topological polar surface area (TPSA) is 30.7 Å². The summed E-state index contributed by atoms with van der Waals surface area (Å²) in [5.74, 6) is 0. The number of benzene rings is 4. The Hall–Kier alpha value is -3.98. The molecule has 1 atom stereocenters. The summed E-state index contributed by atoms with van der Waals surface area (Å²) in [5, 5.41) is 12.3. The first-order chi connectivity index (χ1) is 21.7. The third kappa shape index (κ3) is 7.82. The minimum absolute atomic E-state index is 0. The van der Waals surface area contributed by atoms with Crippen molar-refractivity contribution in [1.82, 2.24) is 15.0 Å². The van der Waals surface area contributed by atoms with Gasteiger partial charge in [0.1, 0.15) is 5.69 Å². The summed E-state index contributed by atoms with van der Waals surface area (Å²) in [7, 11) is -0.913. The molecular weight excluding hydrogens is 629 g/mol. The number of hydrogen-bond donors (Lipinski definition) is 0. The van der Waals surface area contributed by atoms with Crippen LogP contribution < -0.4 is 16.0 Å². The molecule has 7 aromatic rings. The third-order valence-electron chi connectivity index (χ3n) is 7.39. The molecule has 3 nitrogen and oxygen atoms in total. The van der Waals surface area contributed by atoms with E-state index >= 15 is 0 Å². The predicted octanol–water partition coefficient (Wildman–Crippen LogP) is 8.89. The van der Waals surface area contributed by atoms with Crippen LogP contribution >= 0.6 is 19.7 Å². The van der Waals surface area contributed by atoms with Gasteiger partial charge in [-0.3, -0.25) is 0 Å². The van der Waals surface area contributed by atoms with Gasteiger partial charge >= 0.3 is 17.1 Å². The Morgan fingerprint density at radius 3 is 1.82 bits per heavy atom. The average molecular weight is 664 g/mol. The van der Waals surface area contributed by atoms with E-state index in [-0.39, 0.29) is 23.1 Å². The van der Waals surface area contributed by atoms with Crippen LogP contribution in [0.3, 0.4) is 0 Å². The van der Waals surface area contributed by atoms with Gasteiger partial charge in [0.2, 0.25) is 0 Å². The van der Waals surface area contributed by atoms with Crippen molar-refractivity contribution in [2.75, 3.05) is 0 Å². The molecule has 0 radical (unpaired) electrons. The monoisotopic (exact) mass is 663 g/mol. The van der Waals surface area contributed by atoms with Gasteiger partial charge in [-0.05, 0) is 29.7 Å². The molecule has 0 saturated heterocycles. The van der Waals surface area contributed by atoms with Crippen molar-refractivity contribution in [2.24, 2.45) is 0 Å². The Morgan fingerprint density at radius 2 is 1.27 bits per heavy atom. The second kappa shape index (κ2) is 15.8. The van der Waals surface area contributed by atoms with Gasteiger partial charge in [-0.1, -0.05) is 121 Å². The molecule has 7 rings (SSSR count). The smallest absolute Gasteiger partial charge is 0.249 e. The molecule has 0 N–H and O–H groups in total. The molecular formula is C39H34FeN3PS. The van der Waals surface area contributed by atoms with Crippen molar-refractivity contribution in [2.45, 2.75) is 29.7 Å². The van der Waals surface area contributed by atoms with Crippen LogP contribution in [0.15, 0.2) is 174 Å². The minimum atomic E-state index is -0.913. The molecule has 0 amide bonds. The summed E-state index contributed by atoms with van der Waals surface area (Å²) < 4.78 is 2.17. The van der Waals surface area contributed by atoms with Gasteiger partial charge in [0.05, 0.1) is 5.44 Å². The van der Waals surface area contributed by atoms with Crippen LogP contribution in [0.25, 0.3) is 11.3 Å². The Morgan fingerprint density at radius 1 is 0.689 bits per heavy atom. The minimum Gasteiger partial charge on any atom is -0.249 e. The summed E-state index contributed by atoms with van der Waals surface area (Å²) in [5.41, 5.74) is 5.71. The van der Waals surface area contributed by atoms with Gasteiger partial charge in [-0.25, -0.2) is 22.9 Å².